The highest BCUT2D eigenvalue weighted by Gasteiger charge is 2.42. The summed E-state index contributed by atoms with van der Waals surface area (Å²) in [5.41, 5.74) is 1.84. The molecule has 0 saturated carbocycles. The van der Waals surface area contributed by atoms with Crippen molar-refractivity contribution in [2.75, 3.05) is 39.4 Å². The lowest BCUT2D eigenvalue weighted by Gasteiger charge is -2.25. The van der Waals surface area contributed by atoms with Crippen molar-refractivity contribution in [3.63, 3.8) is 0 Å². The van der Waals surface area contributed by atoms with Gasteiger partial charge in [-0.2, -0.15) is 0 Å². The molecule has 2 aliphatic heterocycles. The fourth-order valence-electron chi connectivity index (χ4n) is 3.96. The summed E-state index contributed by atoms with van der Waals surface area (Å²) in [5.74, 6) is 1.11. The van der Waals surface area contributed by atoms with Gasteiger partial charge in [-0.15, -0.1) is 0 Å². The third kappa shape index (κ3) is 5.21. The average molecular weight is 344 g/mol. The summed E-state index contributed by atoms with van der Waals surface area (Å²) >= 11 is 0. The average Bonchev–Trinajstić information content (AvgIpc) is 3.28. The van der Waals surface area contributed by atoms with Crippen molar-refractivity contribution in [3.05, 3.63) is 35.9 Å². The smallest absolute Gasteiger partial charge is 0.193 e. The Kier molecular flexibility index (Phi) is 6.74. The first-order valence-corrected chi connectivity index (χ1v) is 9.96. The zero-order valence-electron chi connectivity index (χ0n) is 15.7. The molecule has 1 unspecified atom stereocenters. The topological polar surface area (TPSA) is 36.9 Å². The third-order valence-electron chi connectivity index (χ3n) is 5.49. The Hall–Kier alpha value is -1.55. The highest BCUT2D eigenvalue weighted by Crippen LogP contribution is 2.38. The number of likely N-dealkylation sites (tertiary alicyclic amines) is 1. The van der Waals surface area contributed by atoms with Gasteiger partial charge in [-0.05, 0) is 44.6 Å². The molecule has 0 radical (unpaired) electrons. The molecule has 0 aromatic heterocycles. The predicted molar refractivity (Wildman–Crippen MR) is 104 cm³/mol. The summed E-state index contributed by atoms with van der Waals surface area (Å²) in [5, 5.41) is 3.48. The van der Waals surface area contributed by atoms with Crippen molar-refractivity contribution >= 4 is 5.96 Å². The van der Waals surface area contributed by atoms with E-state index in [4.69, 9.17) is 9.73 Å². The molecule has 4 heteroatoms. The zero-order chi connectivity index (χ0) is 17.4. The van der Waals surface area contributed by atoms with Gasteiger partial charge in [0.05, 0.1) is 6.61 Å². The third-order valence-corrected chi connectivity index (χ3v) is 5.49. The van der Waals surface area contributed by atoms with Crippen LogP contribution in [0.3, 0.4) is 0 Å². The Labute approximate surface area is 152 Å². The number of nitrogens with zero attached hydrogens (tertiary/aromatic N) is 2. The van der Waals surface area contributed by atoms with Crippen molar-refractivity contribution in [3.8, 4) is 0 Å². The second-order valence-electron chi connectivity index (χ2n) is 7.51. The minimum Gasteiger partial charge on any atom is -0.381 e. The number of ether oxygens (including phenoxy) is 1. The first-order valence-electron chi connectivity index (χ1n) is 9.96. The number of rotatable bonds is 7. The van der Waals surface area contributed by atoms with Gasteiger partial charge < -0.3 is 15.0 Å². The van der Waals surface area contributed by atoms with E-state index < -0.39 is 0 Å². The number of aliphatic imine (C=N–C) groups is 1. The molecule has 4 nitrogen and oxygen atoms in total. The van der Waals surface area contributed by atoms with E-state index in [1.165, 1.54) is 44.1 Å². The lowest BCUT2D eigenvalue weighted by atomic mass is 9.87. The van der Waals surface area contributed by atoms with E-state index in [1.54, 1.807) is 0 Å². The Balaban J connectivity index is 1.40. The number of nitrogens with one attached hydrogen (secondary N) is 1. The van der Waals surface area contributed by atoms with Gasteiger partial charge in [0.25, 0.3) is 0 Å². The van der Waals surface area contributed by atoms with Crippen LogP contribution in [0.5, 0.6) is 0 Å². The molecule has 1 atom stereocenters. The molecule has 25 heavy (non-hydrogen) atoms. The molecular weight excluding hydrogens is 310 g/mol. The molecule has 1 aromatic rings. The highest BCUT2D eigenvalue weighted by molar-refractivity contribution is 5.80. The maximum atomic E-state index is 5.65. The van der Waals surface area contributed by atoms with Gasteiger partial charge in [0.15, 0.2) is 5.96 Å². The van der Waals surface area contributed by atoms with Crippen LogP contribution in [-0.2, 0) is 11.2 Å². The minimum atomic E-state index is 0.395. The number of unbranched alkanes of at least 4 members (excludes halogenated alkanes) is 2. The molecule has 1 spiro atoms. The van der Waals surface area contributed by atoms with Gasteiger partial charge >= 0.3 is 0 Å². The second kappa shape index (κ2) is 9.23. The highest BCUT2D eigenvalue weighted by atomic mass is 16.5. The Morgan fingerprint density at radius 3 is 2.84 bits per heavy atom. The van der Waals surface area contributed by atoms with Crippen molar-refractivity contribution in [1.82, 2.24) is 10.2 Å². The molecule has 2 heterocycles. The maximum Gasteiger partial charge on any atom is 0.193 e. The first kappa shape index (κ1) is 18.2. The van der Waals surface area contributed by atoms with Crippen LogP contribution in [0.2, 0.25) is 0 Å². The largest absolute Gasteiger partial charge is 0.381 e. The fraction of sp³-hybridized carbons (Fsp3) is 0.667. The summed E-state index contributed by atoms with van der Waals surface area (Å²) in [4.78, 5) is 7.33. The quantitative estimate of drug-likeness (QED) is 0.468. The molecule has 138 valence electrons. The molecule has 0 bridgehead atoms. The maximum absolute atomic E-state index is 5.65. The van der Waals surface area contributed by atoms with Gasteiger partial charge in [0.2, 0.25) is 0 Å². The SMILES string of the molecule is CCNC(=NCCCCCc1ccccc1)N1CCC2(CCOC2)C1. The van der Waals surface area contributed by atoms with Crippen molar-refractivity contribution in [2.45, 2.75) is 45.4 Å². The monoisotopic (exact) mass is 343 g/mol. The van der Waals surface area contributed by atoms with Crippen LogP contribution >= 0.6 is 0 Å². The lowest BCUT2D eigenvalue weighted by molar-refractivity contribution is 0.156. The van der Waals surface area contributed by atoms with Crippen LogP contribution in [0.4, 0.5) is 0 Å². The van der Waals surface area contributed by atoms with Crippen molar-refractivity contribution in [2.24, 2.45) is 10.4 Å². The molecule has 2 saturated heterocycles. The van der Waals surface area contributed by atoms with Crippen molar-refractivity contribution < 1.29 is 4.74 Å². The number of aryl methyl sites for hydroxylation is 1. The van der Waals surface area contributed by atoms with Crippen LogP contribution < -0.4 is 5.32 Å². The number of hydrogen-bond acceptors (Lipinski definition) is 2. The number of guanidine groups is 1. The Bertz CT molecular complexity index is 537. The fourth-order valence-corrected chi connectivity index (χ4v) is 3.96. The van der Waals surface area contributed by atoms with Gasteiger partial charge in [-0.3, -0.25) is 4.99 Å². The summed E-state index contributed by atoms with van der Waals surface area (Å²) < 4.78 is 5.65. The van der Waals surface area contributed by atoms with Crippen LogP contribution in [0, 0.1) is 5.41 Å². The van der Waals surface area contributed by atoms with Crippen molar-refractivity contribution in [1.29, 1.82) is 0 Å². The molecule has 1 N–H and O–H groups in total. The van der Waals surface area contributed by atoms with Crippen LogP contribution in [0.1, 0.15) is 44.6 Å². The zero-order valence-corrected chi connectivity index (χ0v) is 15.7. The van der Waals surface area contributed by atoms with E-state index in [-0.39, 0.29) is 0 Å². The Morgan fingerprint density at radius 1 is 1.20 bits per heavy atom. The van der Waals surface area contributed by atoms with E-state index >= 15 is 0 Å². The molecule has 0 aliphatic carbocycles. The standard InChI is InChI=1S/C21H33N3O/c1-2-22-20(24-15-12-21(17-24)13-16-25-18-21)23-14-8-4-7-11-19-9-5-3-6-10-19/h3,5-6,9-10H,2,4,7-8,11-18H2,1H3,(H,22,23). The van der Waals surface area contributed by atoms with Gasteiger partial charge in [-0.25, -0.2) is 0 Å². The molecular formula is C21H33N3O. The minimum absolute atomic E-state index is 0.395. The summed E-state index contributed by atoms with van der Waals surface area (Å²) in [7, 11) is 0. The van der Waals surface area contributed by atoms with Gasteiger partial charge in [0, 0.05) is 38.2 Å². The van der Waals surface area contributed by atoms with Crippen LogP contribution in [0.15, 0.2) is 35.3 Å². The molecule has 2 aliphatic rings. The van der Waals surface area contributed by atoms with E-state index in [1.807, 2.05) is 0 Å². The Morgan fingerprint density at radius 2 is 2.08 bits per heavy atom. The summed E-state index contributed by atoms with van der Waals surface area (Å²) in [6, 6.07) is 10.8. The van der Waals surface area contributed by atoms with E-state index in [0.717, 1.165) is 45.4 Å². The first-order chi connectivity index (χ1) is 12.3. The van der Waals surface area contributed by atoms with Gasteiger partial charge in [0.1, 0.15) is 0 Å². The van der Waals surface area contributed by atoms with Crippen LogP contribution in [0.25, 0.3) is 0 Å². The second-order valence-corrected chi connectivity index (χ2v) is 7.51. The van der Waals surface area contributed by atoms with E-state index in [2.05, 4.69) is 47.5 Å². The summed E-state index contributed by atoms with van der Waals surface area (Å²) in [6.07, 6.45) is 7.30. The normalized spacial score (nSPS) is 23.6. The molecule has 1 aromatic carbocycles. The molecule has 0 amide bonds. The molecule has 2 fully saturated rings. The predicted octanol–water partition coefficient (Wildman–Crippen LogP) is 3.48. The van der Waals surface area contributed by atoms with Gasteiger partial charge in [-0.1, -0.05) is 36.8 Å². The molecule has 3 rings (SSSR count). The number of hydrogen-bond donors (Lipinski definition) is 1. The number of benzene rings is 1. The lowest BCUT2D eigenvalue weighted by Crippen LogP contribution is -2.41. The van der Waals surface area contributed by atoms with E-state index in [9.17, 15) is 0 Å². The summed E-state index contributed by atoms with van der Waals surface area (Å²) in [6.45, 7) is 8.10. The van der Waals surface area contributed by atoms with E-state index in [0.29, 0.717) is 5.41 Å². The van der Waals surface area contributed by atoms with Crippen LogP contribution in [-0.4, -0.2) is 50.3 Å².